The normalized spacial score (nSPS) is 12.4. The highest BCUT2D eigenvalue weighted by Crippen LogP contribution is 2.13. The molecule has 2 rings (SSSR count). The fourth-order valence-corrected chi connectivity index (χ4v) is 2.79. The molecule has 0 bridgehead atoms. The van der Waals surface area contributed by atoms with Crippen LogP contribution in [0, 0.1) is 6.92 Å². The van der Waals surface area contributed by atoms with Crippen LogP contribution in [-0.4, -0.2) is 28.9 Å². The standard InChI is InChI=1S/C16H21N3OS/c1-4-15(19(3)9-14-10-21-11-17-14)16(20)18-13-7-5-12(2)6-8-13/h5-8,10-11,15H,4,9H2,1-3H3,(H,18,20). The summed E-state index contributed by atoms with van der Waals surface area (Å²) in [6, 6.07) is 7.69. The number of amides is 1. The molecule has 1 amide bonds. The quantitative estimate of drug-likeness (QED) is 0.890. The fraction of sp³-hybridized carbons (Fsp3) is 0.375. The van der Waals surface area contributed by atoms with Gasteiger partial charge < -0.3 is 5.32 Å². The molecule has 5 heteroatoms. The summed E-state index contributed by atoms with van der Waals surface area (Å²) in [5.74, 6) is 0.0269. The third-order valence-corrected chi connectivity index (χ3v) is 4.07. The second-order valence-electron chi connectivity index (χ2n) is 5.17. The van der Waals surface area contributed by atoms with E-state index in [-0.39, 0.29) is 11.9 Å². The van der Waals surface area contributed by atoms with Crippen molar-refractivity contribution in [3.05, 3.63) is 46.4 Å². The first-order chi connectivity index (χ1) is 10.1. The number of rotatable bonds is 6. The van der Waals surface area contributed by atoms with Crippen LogP contribution in [0.2, 0.25) is 0 Å². The Balaban J connectivity index is 1.98. The van der Waals surface area contributed by atoms with Crippen molar-refractivity contribution in [3.63, 3.8) is 0 Å². The monoisotopic (exact) mass is 303 g/mol. The molecule has 0 aliphatic carbocycles. The lowest BCUT2D eigenvalue weighted by molar-refractivity contribution is -0.121. The van der Waals surface area contributed by atoms with Crippen LogP contribution in [0.1, 0.15) is 24.6 Å². The Morgan fingerprint density at radius 2 is 2.10 bits per heavy atom. The number of aryl methyl sites for hydroxylation is 1. The topological polar surface area (TPSA) is 45.2 Å². The molecule has 0 saturated carbocycles. The van der Waals surface area contributed by atoms with Gasteiger partial charge in [-0.25, -0.2) is 4.98 Å². The molecule has 0 fully saturated rings. The number of likely N-dealkylation sites (N-methyl/N-ethyl adjacent to an activating group) is 1. The molecule has 4 nitrogen and oxygen atoms in total. The average molecular weight is 303 g/mol. The van der Waals surface area contributed by atoms with E-state index in [9.17, 15) is 4.79 Å². The van der Waals surface area contributed by atoms with Gasteiger partial charge in [-0.2, -0.15) is 0 Å². The Morgan fingerprint density at radius 3 is 2.67 bits per heavy atom. The predicted molar refractivity (Wildman–Crippen MR) is 87.5 cm³/mol. The Morgan fingerprint density at radius 1 is 1.38 bits per heavy atom. The number of nitrogens with one attached hydrogen (secondary N) is 1. The molecule has 1 N–H and O–H groups in total. The van der Waals surface area contributed by atoms with Crippen molar-refractivity contribution in [2.24, 2.45) is 0 Å². The molecule has 1 aromatic carbocycles. The second kappa shape index (κ2) is 7.33. The Bertz CT molecular complexity index is 566. The molecule has 1 atom stereocenters. The Kier molecular flexibility index (Phi) is 5.47. The lowest BCUT2D eigenvalue weighted by atomic mass is 10.1. The van der Waals surface area contributed by atoms with Gasteiger partial charge in [0.05, 0.1) is 17.2 Å². The number of aromatic nitrogens is 1. The van der Waals surface area contributed by atoms with Crippen LogP contribution < -0.4 is 5.32 Å². The number of nitrogens with zero attached hydrogens (tertiary/aromatic N) is 2. The summed E-state index contributed by atoms with van der Waals surface area (Å²) in [5.41, 5.74) is 4.84. The van der Waals surface area contributed by atoms with Gasteiger partial charge in [0.25, 0.3) is 0 Å². The van der Waals surface area contributed by atoms with Gasteiger partial charge in [-0.15, -0.1) is 11.3 Å². The zero-order chi connectivity index (χ0) is 15.2. The van der Waals surface area contributed by atoms with Crippen LogP contribution in [-0.2, 0) is 11.3 Å². The highest BCUT2D eigenvalue weighted by atomic mass is 32.1. The molecule has 2 aromatic rings. The molecule has 1 unspecified atom stereocenters. The number of carbonyl (C=O) groups excluding carboxylic acids is 1. The van der Waals surface area contributed by atoms with Crippen molar-refractivity contribution in [2.75, 3.05) is 12.4 Å². The van der Waals surface area contributed by atoms with Crippen molar-refractivity contribution >= 4 is 22.9 Å². The molecular formula is C16H21N3OS. The van der Waals surface area contributed by atoms with Crippen LogP contribution in [0.25, 0.3) is 0 Å². The van der Waals surface area contributed by atoms with E-state index in [4.69, 9.17) is 0 Å². The molecule has 1 aromatic heterocycles. The minimum atomic E-state index is -0.159. The molecule has 112 valence electrons. The number of carbonyl (C=O) groups is 1. The summed E-state index contributed by atoms with van der Waals surface area (Å²) >= 11 is 1.57. The van der Waals surface area contributed by atoms with Crippen LogP contribution >= 0.6 is 11.3 Å². The smallest absolute Gasteiger partial charge is 0.241 e. The maximum atomic E-state index is 12.4. The summed E-state index contributed by atoms with van der Waals surface area (Å²) < 4.78 is 0. The van der Waals surface area contributed by atoms with Crippen molar-refractivity contribution in [1.29, 1.82) is 0 Å². The number of hydrogen-bond donors (Lipinski definition) is 1. The second-order valence-corrected chi connectivity index (χ2v) is 5.89. The van der Waals surface area contributed by atoms with E-state index in [2.05, 4.69) is 10.3 Å². The molecule has 1 heterocycles. The van der Waals surface area contributed by atoms with Gasteiger partial charge in [-0.3, -0.25) is 9.69 Å². The van der Waals surface area contributed by atoms with Crippen molar-refractivity contribution < 1.29 is 4.79 Å². The van der Waals surface area contributed by atoms with Gasteiger partial charge in [0, 0.05) is 17.6 Å². The highest BCUT2D eigenvalue weighted by Gasteiger charge is 2.21. The summed E-state index contributed by atoms with van der Waals surface area (Å²) in [6.45, 7) is 4.74. The summed E-state index contributed by atoms with van der Waals surface area (Å²) in [6.07, 6.45) is 0.762. The molecule has 0 radical (unpaired) electrons. The van der Waals surface area contributed by atoms with E-state index >= 15 is 0 Å². The Hall–Kier alpha value is -1.72. The third-order valence-electron chi connectivity index (χ3n) is 3.44. The van der Waals surface area contributed by atoms with Crippen molar-refractivity contribution in [1.82, 2.24) is 9.88 Å². The predicted octanol–water partition coefficient (Wildman–Crippen LogP) is 3.30. The summed E-state index contributed by atoms with van der Waals surface area (Å²) in [7, 11) is 1.96. The first-order valence-corrected chi connectivity index (χ1v) is 7.99. The van der Waals surface area contributed by atoms with Crippen LogP contribution in [0.15, 0.2) is 35.2 Å². The zero-order valence-electron chi connectivity index (χ0n) is 12.7. The molecule has 21 heavy (non-hydrogen) atoms. The number of thiazole rings is 1. The summed E-state index contributed by atoms with van der Waals surface area (Å²) in [5, 5.41) is 5.00. The number of anilines is 1. The van der Waals surface area contributed by atoms with E-state index < -0.39 is 0 Å². The van der Waals surface area contributed by atoms with Gasteiger partial charge >= 0.3 is 0 Å². The van der Waals surface area contributed by atoms with E-state index in [1.54, 1.807) is 11.3 Å². The largest absolute Gasteiger partial charge is 0.325 e. The SMILES string of the molecule is CCC(C(=O)Nc1ccc(C)cc1)N(C)Cc1cscn1. The van der Waals surface area contributed by atoms with Gasteiger partial charge in [-0.1, -0.05) is 24.6 Å². The molecule has 0 spiro atoms. The van der Waals surface area contributed by atoms with E-state index in [1.807, 2.05) is 61.0 Å². The van der Waals surface area contributed by atoms with E-state index in [0.29, 0.717) is 6.54 Å². The minimum Gasteiger partial charge on any atom is -0.325 e. The fourth-order valence-electron chi connectivity index (χ4n) is 2.24. The van der Waals surface area contributed by atoms with Gasteiger partial charge in [-0.05, 0) is 32.5 Å². The van der Waals surface area contributed by atoms with Gasteiger partial charge in [0.2, 0.25) is 5.91 Å². The first-order valence-electron chi connectivity index (χ1n) is 7.05. The maximum Gasteiger partial charge on any atom is 0.241 e. The van der Waals surface area contributed by atoms with Crippen molar-refractivity contribution in [2.45, 2.75) is 32.9 Å². The zero-order valence-corrected chi connectivity index (χ0v) is 13.5. The third kappa shape index (κ3) is 4.37. The minimum absolute atomic E-state index is 0.0269. The average Bonchev–Trinajstić information content (AvgIpc) is 2.95. The Labute approximate surface area is 129 Å². The first kappa shape index (κ1) is 15.7. The van der Waals surface area contributed by atoms with Crippen LogP contribution in [0.3, 0.4) is 0 Å². The lowest BCUT2D eigenvalue weighted by Gasteiger charge is -2.25. The molecule has 0 saturated heterocycles. The lowest BCUT2D eigenvalue weighted by Crippen LogP contribution is -2.41. The van der Waals surface area contributed by atoms with Gasteiger partial charge in [0.15, 0.2) is 0 Å². The van der Waals surface area contributed by atoms with E-state index in [0.717, 1.165) is 17.8 Å². The summed E-state index contributed by atoms with van der Waals surface area (Å²) in [4.78, 5) is 18.7. The highest BCUT2D eigenvalue weighted by molar-refractivity contribution is 7.07. The number of hydrogen-bond acceptors (Lipinski definition) is 4. The van der Waals surface area contributed by atoms with Crippen molar-refractivity contribution in [3.8, 4) is 0 Å². The maximum absolute atomic E-state index is 12.4. The number of benzene rings is 1. The van der Waals surface area contributed by atoms with Crippen LogP contribution in [0.4, 0.5) is 5.69 Å². The molecular weight excluding hydrogens is 282 g/mol. The molecule has 0 aliphatic heterocycles. The van der Waals surface area contributed by atoms with Gasteiger partial charge in [0.1, 0.15) is 0 Å². The van der Waals surface area contributed by atoms with Crippen LogP contribution in [0.5, 0.6) is 0 Å². The molecule has 0 aliphatic rings. The van der Waals surface area contributed by atoms with E-state index in [1.165, 1.54) is 5.56 Å².